The second-order valence-electron chi connectivity index (χ2n) is 8.83. The highest BCUT2D eigenvalue weighted by molar-refractivity contribution is 8.03. The maximum atomic E-state index is 12.5. The minimum absolute atomic E-state index is 0.0576. The van der Waals surface area contributed by atoms with Crippen LogP contribution < -0.4 is 0 Å². The first-order chi connectivity index (χ1) is 13.8. The van der Waals surface area contributed by atoms with Crippen LogP contribution in [0.5, 0.6) is 0 Å². The number of fused-ring (bicyclic) bond motifs is 1. The van der Waals surface area contributed by atoms with Crippen LogP contribution in [0.3, 0.4) is 0 Å². The van der Waals surface area contributed by atoms with Crippen molar-refractivity contribution >= 4 is 23.6 Å². The Morgan fingerprint density at radius 2 is 2.03 bits per heavy atom. The normalized spacial score (nSPS) is 36.3. The number of rotatable bonds is 6. The van der Waals surface area contributed by atoms with E-state index in [9.17, 15) is 19.8 Å². The molecule has 0 radical (unpaired) electrons. The van der Waals surface area contributed by atoms with Crippen LogP contribution in [-0.2, 0) is 9.59 Å². The number of carboxylic acids is 1. The molecule has 8 heteroatoms. The van der Waals surface area contributed by atoms with Crippen molar-refractivity contribution in [3.8, 4) is 0 Å². The number of aliphatic hydroxyl groups is 1. The average molecular weight is 422 g/mol. The van der Waals surface area contributed by atoms with E-state index in [-0.39, 0.29) is 23.6 Å². The van der Waals surface area contributed by atoms with Gasteiger partial charge >= 0.3 is 5.97 Å². The highest BCUT2D eigenvalue weighted by Crippen LogP contribution is 2.52. The van der Waals surface area contributed by atoms with Crippen molar-refractivity contribution in [1.82, 2.24) is 14.7 Å². The maximum absolute atomic E-state index is 12.5. The molecule has 6 atom stereocenters. The van der Waals surface area contributed by atoms with E-state index in [1.807, 2.05) is 6.92 Å². The maximum Gasteiger partial charge on any atom is 0.353 e. The highest BCUT2D eigenvalue weighted by atomic mass is 32.2. The molecular weight excluding hydrogens is 390 g/mol. The van der Waals surface area contributed by atoms with Crippen LogP contribution in [-0.4, -0.2) is 86.9 Å². The van der Waals surface area contributed by atoms with Crippen LogP contribution in [0.2, 0.25) is 0 Å². The monoisotopic (exact) mass is 421 g/mol. The molecule has 0 bridgehead atoms. The Bertz CT molecular complexity index is 748. The molecule has 2 N–H and O–H groups in total. The van der Waals surface area contributed by atoms with Gasteiger partial charge in [0.2, 0.25) is 5.91 Å². The van der Waals surface area contributed by atoms with Gasteiger partial charge in [0.15, 0.2) is 0 Å². The first kappa shape index (κ1) is 20.8. The van der Waals surface area contributed by atoms with E-state index in [0.717, 1.165) is 37.4 Å². The predicted octanol–water partition coefficient (Wildman–Crippen LogP) is 1.56. The fourth-order valence-electron chi connectivity index (χ4n) is 5.03. The molecule has 0 aliphatic carbocycles. The Morgan fingerprint density at radius 3 is 2.59 bits per heavy atom. The summed E-state index contributed by atoms with van der Waals surface area (Å²) in [6.45, 7) is 6.80. The van der Waals surface area contributed by atoms with E-state index in [1.165, 1.54) is 11.3 Å². The van der Waals surface area contributed by atoms with Gasteiger partial charge in [-0.3, -0.25) is 9.69 Å². The fraction of sp³-hybridized carbons (Fsp3) is 0.714. The van der Waals surface area contributed by atoms with Gasteiger partial charge in [-0.05, 0) is 39.4 Å². The number of hydrogen-bond donors (Lipinski definition) is 2. The van der Waals surface area contributed by atoms with Crippen LogP contribution in [0, 0.1) is 11.8 Å². The third-order valence-electron chi connectivity index (χ3n) is 6.86. The molecule has 4 rings (SSSR count). The van der Waals surface area contributed by atoms with Crippen molar-refractivity contribution < 1.29 is 19.8 Å². The summed E-state index contributed by atoms with van der Waals surface area (Å²) in [5, 5.41) is 20.1. The van der Waals surface area contributed by atoms with Crippen molar-refractivity contribution in [2.24, 2.45) is 11.8 Å². The van der Waals surface area contributed by atoms with Gasteiger partial charge in [-0.25, -0.2) is 4.79 Å². The smallest absolute Gasteiger partial charge is 0.353 e. The van der Waals surface area contributed by atoms with Gasteiger partial charge in [-0.2, -0.15) is 0 Å². The third-order valence-corrected chi connectivity index (χ3v) is 8.39. The lowest BCUT2D eigenvalue weighted by atomic mass is 9.79. The second kappa shape index (κ2) is 7.96. The van der Waals surface area contributed by atoms with Gasteiger partial charge in [0.05, 0.1) is 18.1 Å². The molecule has 4 heterocycles. The largest absolute Gasteiger partial charge is 0.477 e. The molecule has 2 unspecified atom stereocenters. The molecule has 3 fully saturated rings. The van der Waals surface area contributed by atoms with Crippen LogP contribution in [0.1, 0.15) is 33.1 Å². The zero-order valence-corrected chi connectivity index (χ0v) is 18.1. The first-order valence-corrected chi connectivity index (χ1v) is 11.5. The minimum atomic E-state index is -1.04. The zero-order chi connectivity index (χ0) is 20.9. The molecular formula is C21H31N3O4S. The highest BCUT2D eigenvalue weighted by Gasteiger charge is 2.60. The molecule has 4 aliphatic heterocycles. The van der Waals surface area contributed by atoms with E-state index >= 15 is 0 Å². The summed E-state index contributed by atoms with van der Waals surface area (Å²) in [6.07, 6.45) is 7.09. The number of nitrogens with zero attached hydrogens (tertiary/aromatic N) is 3. The number of hydrogen-bond acceptors (Lipinski definition) is 6. The minimum Gasteiger partial charge on any atom is -0.477 e. The number of aliphatic carboxylic acids is 1. The average Bonchev–Trinajstić information content (AvgIpc) is 2.84. The number of piperidine rings is 1. The lowest BCUT2D eigenvalue weighted by Gasteiger charge is -2.46. The molecule has 4 aliphatic rings. The van der Waals surface area contributed by atoms with Gasteiger partial charge in [0.1, 0.15) is 5.70 Å². The van der Waals surface area contributed by atoms with Crippen molar-refractivity contribution in [1.29, 1.82) is 0 Å². The quantitative estimate of drug-likeness (QED) is 0.630. The van der Waals surface area contributed by atoms with Crippen molar-refractivity contribution in [3.05, 3.63) is 22.9 Å². The Balaban J connectivity index is 1.44. The molecule has 0 spiro atoms. The zero-order valence-electron chi connectivity index (χ0n) is 17.3. The standard InChI is InChI=1S/C21H31N3O4S/c1-12-17-16(13(2)25)20(26)24(17)18(21(27)28)19(12)29-15-6-5-14(22(3)11-15)7-10-23-8-4-9-23/h7,10,12-17,25H,4-6,8-9,11H2,1-3H3,(H,27,28)/b10-7+/t12-,13-,14?,15?,16-,17-/m1/s1. The van der Waals surface area contributed by atoms with E-state index in [4.69, 9.17) is 0 Å². The third kappa shape index (κ3) is 3.59. The summed E-state index contributed by atoms with van der Waals surface area (Å²) in [5.74, 6) is -1.86. The summed E-state index contributed by atoms with van der Waals surface area (Å²) in [7, 11) is 2.13. The van der Waals surface area contributed by atoms with E-state index in [0.29, 0.717) is 11.3 Å². The predicted molar refractivity (Wildman–Crippen MR) is 112 cm³/mol. The van der Waals surface area contributed by atoms with E-state index < -0.39 is 18.0 Å². The number of carbonyl (C=O) groups is 2. The summed E-state index contributed by atoms with van der Waals surface area (Å²) < 4.78 is 0. The fourth-order valence-corrected chi connectivity index (χ4v) is 6.61. The first-order valence-electron chi connectivity index (χ1n) is 10.6. The number of β-lactam (4-membered cyclic amide) rings is 1. The van der Waals surface area contributed by atoms with Crippen LogP contribution in [0.25, 0.3) is 0 Å². The Morgan fingerprint density at radius 1 is 1.31 bits per heavy atom. The number of carbonyl (C=O) groups excluding carboxylic acids is 1. The molecule has 160 valence electrons. The molecule has 1 amide bonds. The van der Waals surface area contributed by atoms with Gasteiger partial charge in [0, 0.05) is 41.7 Å². The van der Waals surface area contributed by atoms with Crippen molar-refractivity contribution in [3.63, 3.8) is 0 Å². The Labute approximate surface area is 176 Å². The molecule has 0 aromatic rings. The Kier molecular flexibility index (Phi) is 5.70. The van der Waals surface area contributed by atoms with Gasteiger partial charge in [-0.1, -0.05) is 13.0 Å². The van der Waals surface area contributed by atoms with Crippen LogP contribution in [0.15, 0.2) is 22.9 Å². The summed E-state index contributed by atoms with van der Waals surface area (Å²) in [5.41, 5.74) is 0.136. The van der Waals surface area contributed by atoms with E-state index in [1.54, 1.807) is 18.7 Å². The number of thioether (sulfide) groups is 1. The number of likely N-dealkylation sites (N-methyl/N-ethyl adjacent to an activating group) is 1. The van der Waals surface area contributed by atoms with Crippen molar-refractivity contribution in [2.45, 2.75) is 56.5 Å². The van der Waals surface area contributed by atoms with Gasteiger partial charge < -0.3 is 20.0 Å². The van der Waals surface area contributed by atoms with E-state index in [2.05, 4.69) is 29.1 Å². The Hall–Kier alpha value is -1.51. The molecule has 29 heavy (non-hydrogen) atoms. The van der Waals surface area contributed by atoms with Crippen LogP contribution >= 0.6 is 11.8 Å². The summed E-state index contributed by atoms with van der Waals surface area (Å²) >= 11 is 1.63. The lowest BCUT2D eigenvalue weighted by Crippen LogP contribution is -2.63. The van der Waals surface area contributed by atoms with Gasteiger partial charge in [0.25, 0.3) is 0 Å². The lowest BCUT2D eigenvalue weighted by molar-refractivity contribution is -0.163. The SMILES string of the molecule is C[C@@H](O)[C@H]1C(=O)N2C(C(=O)O)=C(SC3CCC(/C=C/N4CCC4)N(C)C3)[C@H](C)[C@H]12. The number of carboxylic acid groups (broad SMARTS) is 1. The molecule has 7 nitrogen and oxygen atoms in total. The number of aliphatic hydroxyl groups excluding tert-OH is 1. The molecule has 0 saturated carbocycles. The molecule has 0 aromatic heterocycles. The summed E-state index contributed by atoms with van der Waals surface area (Å²) in [4.78, 5) is 31.3. The summed E-state index contributed by atoms with van der Waals surface area (Å²) in [6, 6.07) is 0.187. The molecule has 0 aromatic carbocycles. The number of amides is 1. The van der Waals surface area contributed by atoms with Crippen molar-refractivity contribution in [2.75, 3.05) is 26.7 Å². The second-order valence-corrected chi connectivity index (χ2v) is 10.2. The topological polar surface area (TPSA) is 84.3 Å². The van der Waals surface area contributed by atoms with Gasteiger partial charge in [-0.15, -0.1) is 11.8 Å². The van der Waals surface area contributed by atoms with Crippen LogP contribution in [0.4, 0.5) is 0 Å². The number of likely N-dealkylation sites (tertiary alicyclic amines) is 2. The molecule has 3 saturated heterocycles.